The fourth-order valence-corrected chi connectivity index (χ4v) is 1.24. The number of aryl methyl sites for hydroxylation is 2. The van der Waals surface area contributed by atoms with Crippen molar-refractivity contribution in [3.05, 3.63) is 11.8 Å². The molecular weight excluding hydrogens is 198 g/mol. The first-order valence-corrected chi connectivity index (χ1v) is 4.98. The van der Waals surface area contributed by atoms with Gasteiger partial charge in [0.05, 0.1) is 0 Å². The fraction of sp³-hybridized carbons (Fsp3) is 0.700. The summed E-state index contributed by atoms with van der Waals surface area (Å²) in [6.07, 6.45) is 3.79. The average Bonchev–Trinajstić information content (AvgIpc) is 2.41. The highest BCUT2D eigenvalue weighted by Gasteiger charge is 1.98. The standard InChI is InChI=1S/C10H19N3.ClH/c1-4-5-6-7-11-10-8-9(2)13(3)12-10;/h8H,4-7H2,1-3H3,(H,11,12);1H. The molecule has 1 heterocycles. The number of unbranched alkanes of at least 4 members (excludes halogenated alkanes) is 2. The molecule has 0 aliphatic carbocycles. The van der Waals surface area contributed by atoms with Gasteiger partial charge in [-0.25, -0.2) is 0 Å². The van der Waals surface area contributed by atoms with Crippen LogP contribution in [0, 0.1) is 6.92 Å². The Morgan fingerprint density at radius 2 is 2.14 bits per heavy atom. The number of anilines is 1. The maximum atomic E-state index is 4.31. The minimum Gasteiger partial charge on any atom is -0.369 e. The lowest BCUT2D eigenvalue weighted by Gasteiger charge is -2.00. The van der Waals surface area contributed by atoms with Crippen molar-refractivity contribution in [1.82, 2.24) is 9.78 Å². The van der Waals surface area contributed by atoms with Gasteiger partial charge in [0.2, 0.25) is 0 Å². The van der Waals surface area contributed by atoms with E-state index in [1.807, 2.05) is 11.7 Å². The van der Waals surface area contributed by atoms with Crippen molar-refractivity contribution in [3.8, 4) is 0 Å². The molecule has 0 spiro atoms. The van der Waals surface area contributed by atoms with E-state index in [2.05, 4.69) is 30.3 Å². The Kier molecular flexibility index (Phi) is 6.37. The van der Waals surface area contributed by atoms with Crippen LogP contribution in [0.3, 0.4) is 0 Å². The zero-order valence-corrected chi connectivity index (χ0v) is 10.0. The maximum Gasteiger partial charge on any atom is 0.148 e. The molecule has 14 heavy (non-hydrogen) atoms. The van der Waals surface area contributed by atoms with Crippen molar-refractivity contribution in [2.45, 2.75) is 33.1 Å². The molecule has 0 saturated heterocycles. The second-order valence-electron chi connectivity index (χ2n) is 3.43. The van der Waals surface area contributed by atoms with Crippen molar-refractivity contribution in [2.75, 3.05) is 11.9 Å². The Hall–Kier alpha value is -0.700. The van der Waals surface area contributed by atoms with Gasteiger partial charge in [0.25, 0.3) is 0 Å². The number of hydrogen-bond donors (Lipinski definition) is 1. The number of rotatable bonds is 5. The smallest absolute Gasteiger partial charge is 0.148 e. The molecule has 0 aromatic carbocycles. The van der Waals surface area contributed by atoms with Crippen LogP contribution in [-0.4, -0.2) is 16.3 Å². The van der Waals surface area contributed by atoms with Crippen LogP contribution in [0.5, 0.6) is 0 Å². The highest BCUT2D eigenvalue weighted by atomic mass is 35.5. The Bertz CT molecular complexity index is 238. The lowest BCUT2D eigenvalue weighted by Crippen LogP contribution is -2.02. The molecule has 1 aromatic heterocycles. The van der Waals surface area contributed by atoms with Crippen molar-refractivity contribution >= 4 is 18.2 Å². The van der Waals surface area contributed by atoms with Crippen LogP contribution in [0.25, 0.3) is 0 Å². The Morgan fingerprint density at radius 3 is 2.64 bits per heavy atom. The first-order chi connectivity index (χ1) is 6.24. The van der Waals surface area contributed by atoms with Crippen LogP contribution >= 0.6 is 12.4 Å². The minimum absolute atomic E-state index is 0. The molecule has 0 saturated carbocycles. The lowest BCUT2D eigenvalue weighted by molar-refractivity contribution is 0.726. The number of hydrogen-bond acceptors (Lipinski definition) is 2. The summed E-state index contributed by atoms with van der Waals surface area (Å²) in [5, 5.41) is 7.62. The van der Waals surface area contributed by atoms with E-state index in [4.69, 9.17) is 0 Å². The van der Waals surface area contributed by atoms with Crippen molar-refractivity contribution in [2.24, 2.45) is 7.05 Å². The summed E-state index contributed by atoms with van der Waals surface area (Å²) in [6, 6.07) is 2.08. The second-order valence-corrected chi connectivity index (χ2v) is 3.43. The maximum absolute atomic E-state index is 4.31. The van der Waals surface area contributed by atoms with E-state index in [1.54, 1.807) is 0 Å². The van der Waals surface area contributed by atoms with Gasteiger partial charge < -0.3 is 5.32 Å². The van der Waals surface area contributed by atoms with Crippen molar-refractivity contribution < 1.29 is 0 Å². The SMILES string of the molecule is CCCCCNc1cc(C)n(C)n1.Cl. The molecule has 0 radical (unpaired) electrons. The minimum atomic E-state index is 0. The summed E-state index contributed by atoms with van der Waals surface area (Å²) in [5.74, 6) is 0.996. The number of nitrogens with zero attached hydrogens (tertiary/aromatic N) is 2. The summed E-state index contributed by atoms with van der Waals surface area (Å²) in [5.41, 5.74) is 1.19. The van der Waals surface area contributed by atoms with Crippen LogP contribution < -0.4 is 5.32 Å². The van der Waals surface area contributed by atoms with E-state index in [9.17, 15) is 0 Å². The molecule has 0 bridgehead atoms. The summed E-state index contributed by atoms with van der Waals surface area (Å²) in [6.45, 7) is 5.30. The highest BCUT2D eigenvalue weighted by molar-refractivity contribution is 5.85. The molecule has 82 valence electrons. The fourth-order valence-electron chi connectivity index (χ4n) is 1.24. The van der Waals surface area contributed by atoms with E-state index >= 15 is 0 Å². The van der Waals surface area contributed by atoms with Crippen LogP contribution in [0.1, 0.15) is 31.9 Å². The first-order valence-electron chi connectivity index (χ1n) is 4.98. The second kappa shape index (κ2) is 6.71. The molecule has 4 heteroatoms. The third kappa shape index (κ3) is 4.01. The summed E-state index contributed by atoms with van der Waals surface area (Å²) < 4.78 is 1.89. The van der Waals surface area contributed by atoms with Gasteiger partial charge in [-0.1, -0.05) is 19.8 Å². The van der Waals surface area contributed by atoms with E-state index < -0.39 is 0 Å². The van der Waals surface area contributed by atoms with E-state index in [-0.39, 0.29) is 12.4 Å². The number of aromatic nitrogens is 2. The monoisotopic (exact) mass is 217 g/mol. The number of nitrogens with one attached hydrogen (secondary N) is 1. The summed E-state index contributed by atoms with van der Waals surface area (Å²) >= 11 is 0. The molecule has 0 unspecified atom stereocenters. The Balaban J connectivity index is 0.00000169. The van der Waals surface area contributed by atoms with Crippen molar-refractivity contribution in [3.63, 3.8) is 0 Å². The predicted octanol–water partition coefficient (Wildman–Crippen LogP) is 2.75. The zero-order valence-electron chi connectivity index (χ0n) is 9.21. The normalized spacial score (nSPS) is 9.64. The summed E-state index contributed by atoms with van der Waals surface area (Å²) in [4.78, 5) is 0. The Labute approximate surface area is 92.3 Å². The third-order valence-electron chi connectivity index (χ3n) is 2.20. The van der Waals surface area contributed by atoms with Gasteiger partial charge in [0.15, 0.2) is 0 Å². The van der Waals surface area contributed by atoms with E-state index in [0.29, 0.717) is 0 Å². The van der Waals surface area contributed by atoms with Gasteiger partial charge in [-0.3, -0.25) is 4.68 Å². The topological polar surface area (TPSA) is 29.9 Å². The molecule has 3 nitrogen and oxygen atoms in total. The van der Waals surface area contributed by atoms with Gasteiger partial charge in [-0.05, 0) is 13.3 Å². The zero-order chi connectivity index (χ0) is 9.68. The van der Waals surface area contributed by atoms with Gasteiger partial charge in [0, 0.05) is 25.4 Å². The predicted molar refractivity (Wildman–Crippen MR) is 63.2 cm³/mol. The van der Waals surface area contributed by atoms with Crippen LogP contribution in [-0.2, 0) is 7.05 Å². The van der Waals surface area contributed by atoms with E-state index in [1.165, 1.54) is 25.0 Å². The number of halogens is 1. The molecule has 0 amide bonds. The van der Waals surface area contributed by atoms with Crippen molar-refractivity contribution in [1.29, 1.82) is 0 Å². The van der Waals surface area contributed by atoms with Crippen LogP contribution in [0.2, 0.25) is 0 Å². The van der Waals surface area contributed by atoms with Gasteiger partial charge in [-0.15, -0.1) is 12.4 Å². The highest BCUT2D eigenvalue weighted by Crippen LogP contribution is 2.06. The molecule has 1 aromatic rings. The average molecular weight is 218 g/mol. The van der Waals surface area contributed by atoms with Crippen LogP contribution in [0.4, 0.5) is 5.82 Å². The summed E-state index contributed by atoms with van der Waals surface area (Å²) in [7, 11) is 1.96. The molecule has 0 aliphatic heterocycles. The lowest BCUT2D eigenvalue weighted by atomic mass is 10.2. The molecule has 0 atom stereocenters. The quantitative estimate of drug-likeness (QED) is 0.769. The van der Waals surface area contributed by atoms with E-state index in [0.717, 1.165) is 12.4 Å². The first kappa shape index (κ1) is 13.3. The molecule has 0 aliphatic rings. The Morgan fingerprint density at radius 1 is 1.43 bits per heavy atom. The third-order valence-corrected chi connectivity index (χ3v) is 2.20. The molecule has 1 rings (SSSR count). The van der Waals surface area contributed by atoms with Gasteiger partial charge >= 0.3 is 0 Å². The van der Waals surface area contributed by atoms with Gasteiger partial charge in [0.1, 0.15) is 5.82 Å². The molecular formula is C10H20ClN3. The van der Waals surface area contributed by atoms with Crippen LogP contribution in [0.15, 0.2) is 6.07 Å². The largest absolute Gasteiger partial charge is 0.369 e. The van der Waals surface area contributed by atoms with Gasteiger partial charge in [-0.2, -0.15) is 5.10 Å². The molecule has 1 N–H and O–H groups in total. The molecule has 0 fully saturated rings.